The van der Waals surface area contributed by atoms with Crippen LogP contribution in [0.1, 0.15) is 61.0 Å². The molecule has 0 unspecified atom stereocenters. The second kappa shape index (κ2) is 9.35. The Morgan fingerprint density at radius 2 is 1.73 bits per heavy atom. The van der Waals surface area contributed by atoms with E-state index in [1.807, 2.05) is 0 Å². The van der Waals surface area contributed by atoms with Crippen LogP contribution in [0.5, 0.6) is 5.75 Å². The summed E-state index contributed by atoms with van der Waals surface area (Å²) in [5, 5.41) is 14.1. The van der Waals surface area contributed by atoms with Crippen molar-refractivity contribution in [3.8, 4) is 5.75 Å². The summed E-state index contributed by atoms with van der Waals surface area (Å²) in [5.41, 5.74) is 9.38. The highest BCUT2D eigenvalue weighted by atomic mass is 16.4. The van der Waals surface area contributed by atoms with E-state index in [1.54, 1.807) is 19.1 Å². The van der Waals surface area contributed by atoms with Gasteiger partial charge in [-0.15, -0.1) is 0 Å². The van der Waals surface area contributed by atoms with Crippen molar-refractivity contribution >= 4 is 23.4 Å². The number of phenols is 1. The Kier molecular flexibility index (Phi) is 6.16. The number of carbonyl (C=O) groups is 3. The number of hydrogen-bond acceptors (Lipinski definition) is 7. The minimum Gasteiger partial charge on any atom is -0.507 e. The van der Waals surface area contributed by atoms with Crippen molar-refractivity contribution < 1.29 is 23.9 Å². The quantitative estimate of drug-likeness (QED) is 0.451. The predicted octanol–water partition coefficient (Wildman–Crippen LogP) is 2.23. The normalized spacial score (nSPS) is 13.8. The van der Waals surface area contributed by atoms with E-state index in [-0.39, 0.29) is 17.1 Å². The van der Waals surface area contributed by atoms with Crippen LogP contribution < -0.4 is 16.3 Å². The van der Waals surface area contributed by atoms with Crippen LogP contribution in [0.3, 0.4) is 0 Å². The second-order valence-corrected chi connectivity index (χ2v) is 7.37. The molecule has 2 heterocycles. The third kappa shape index (κ3) is 4.59. The van der Waals surface area contributed by atoms with E-state index in [1.165, 1.54) is 36.7 Å². The lowest BCUT2D eigenvalue weighted by Crippen LogP contribution is -2.41. The number of hydrogen-bond donors (Lipinski definition) is 4. The lowest BCUT2D eigenvalue weighted by atomic mass is 9.93. The number of phenolic OH excluding ortho intramolecular Hbond substituents is 1. The zero-order valence-electron chi connectivity index (χ0n) is 17.7. The maximum atomic E-state index is 12.6. The Balaban J connectivity index is 1.49. The van der Waals surface area contributed by atoms with Gasteiger partial charge in [-0.25, -0.2) is 5.43 Å². The first-order valence-corrected chi connectivity index (χ1v) is 10.2. The van der Waals surface area contributed by atoms with Crippen LogP contribution in [0.15, 0.2) is 58.3 Å². The molecule has 3 aromatic rings. The third-order valence-electron chi connectivity index (χ3n) is 5.21. The van der Waals surface area contributed by atoms with E-state index in [0.717, 1.165) is 6.42 Å². The van der Waals surface area contributed by atoms with E-state index in [0.29, 0.717) is 41.0 Å². The van der Waals surface area contributed by atoms with Gasteiger partial charge in [0.2, 0.25) is 0 Å². The topological polar surface area (TPSA) is 146 Å². The average Bonchev–Trinajstić information content (AvgIpc) is 3.18. The number of rotatable bonds is 4. The molecule has 0 spiro atoms. The summed E-state index contributed by atoms with van der Waals surface area (Å²) in [6.07, 6.45) is 4.86. The Hall–Kier alpha value is -4.47. The molecule has 0 radical (unpaired) electrons. The third-order valence-corrected chi connectivity index (χ3v) is 5.21. The number of furan rings is 1. The van der Waals surface area contributed by atoms with Crippen molar-refractivity contribution in [2.24, 2.45) is 5.10 Å². The first kappa shape index (κ1) is 21.8. The van der Waals surface area contributed by atoms with Crippen molar-refractivity contribution in [1.29, 1.82) is 0 Å². The summed E-state index contributed by atoms with van der Waals surface area (Å²) < 4.78 is 5.77. The summed E-state index contributed by atoms with van der Waals surface area (Å²) in [4.78, 5) is 41.0. The summed E-state index contributed by atoms with van der Waals surface area (Å²) in [6, 6.07) is 9.20. The molecule has 33 heavy (non-hydrogen) atoms. The standard InChI is InChI=1S/C23H21N5O5/c1-13-19-16(25-27-22(31)15-5-2-3-7-17(15)29)6-4-8-18(19)33-20(13)23(32)28-26-21(30)14-9-11-24-12-10-14/h2-3,5,7,9-12,29H,4,6,8H2,1H3,(H,26,30)(H,27,31)(H,28,32)/b25-16+. The Labute approximate surface area is 188 Å². The number of carbonyl (C=O) groups excluding carboxylic acids is 3. The summed E-state index contributed by atoms with van der Waals surface area (Å²) in [5.74, 6) is -1.16. The molecule has 4 N–H and O–H groups in total. The molecule has 0 atom stereocenters. The molecular formula is C23H21N5O5. The molecule has 2 aromatic heterocycles. The van der Waals surface area contributed by atoms with Gasteiger partial charge in [0.1, 0.15) is 11.5 Å². The van der Waals surface area contributed by atoms with E-state index >= 15 is 0 Å². The fourth-order valence-corrected chi connectivity index (χ4v) is 3.59. The van der Waals surface area contributed by atoms with Gasteiger partial charge in [0, 0.05) is 35.5 Å². The smallest absolute Gasteiger partial charge is 0.305 e. The van der Waals surface area contributed by atoms with Gasteiger partial charge < -0.3 is 9.52 Å². The summed E-state index contributed by atoms with van der Waals surface area (Å²) in [7, 11) is 0. The highest BCUT2D eigenvalue weighted by Gasteiger charge is 2.28. The molecule has 10 nitrogen and oxygen atoms in total. The van der Waals surface area contributed by atoms with E-state index < -0.39 is 17.7 Å². The van der Waals surface area contributed by atoms with Crippen LogP contribution in [-0.2, 0) is 6.42 Å². The number of para-hydroxylation sites is 1. The minimum absolute atomic E-state index is 0.0525. The number of aryl methyl sites for hydroxylation is 1. The van der Waals surface area contributed by atoms with E-state index in [4.69, 9.17) is 4.42 Å². The molecule has 1 aromatic carbocycles. The maximum Gasteiger partial charge on any atom is 0.305 e. The molecule has 3 amide bonds. The highest BCUT2D eigenvalue weighted by molar-refractivity contribution is 6.07. The van der Waals surface area contributed by atoms with Crippen molar-refractivity contribution in [3.05, 3.63) is 82.6 Å². The maximum absolute atomic E-state index is 12.6. The van der Waals surface area contributed by atoms with Gasteiger partial charge in [0.25, 0.3) is 11.8 Å². The van der Waals surface area contributed by atoms with E-state index in [2.05, 4.69) is 26.4 Å². The van der Waals surface area contributed by atoms with Gasteiger partial charge in [0.05, 0.1) is 11.3 Å². The number of nitrogens with zero attached hydrogens (tertiary/aromatic N) is 2. The van der Waals surface area contributed by atoms with Crippen LogP contribution in [0.4, 0.5) is 0 Å². The highest BCUT2D eigenvalue weighted by Crippen LogP contribution is 2.30. The van der Waals surface area contributed by atoms with Gasteiger partial charge >= 0.3 is 5.91 Å². The molecule has 1 aliphatic carbocycles. The van der Waals surface area contributed by atoms with Crippen molar-refractivity contribution in [3.63, 3.8) is 0 Å². The first-order chi connectivity index (χ1) is 16.0. The van der Waals surface area contributed by atoms with Crippen LogP contribution in [0.25, 0.3) is 0 Å². The number of hydrazine groups is 1. The number of pyridine rings is 1. The summed E-state index contributed by atoms with van der Waals surface area (Å²) >= 11 is 0. The Morgan fingerprint density at radius 3 is 2.48 bits per heavy atom. The van der Waals surface area contributed by atoms with Crippen LogP contribution >= 0.6 is 0 Å². The molecule has 0 saturated carbocycles. The first-order valence-electron chi connectivity index (χ1n) is 10.2. The molecule has 168 valence electrons. The Morgan fingerprint density at radius 1 is 1.00 bits per heavy atom. The molecule has 0 saturated heterocycles. The fourth-order valence-electron chi connectivity index (χ4n) is 3.59. The molecule has 0 bridgehead atoms. The molecule has 0 aliphatic heterocycles. The zero-order chi connectivity index (χ0) is 23.4. The number of nitrogens with one attached hydrogen (secondary N) is 3. The number of benzene rings is 1. The molecule has 0 fully saturated rings. The van der Waals surface area contributed by atoms with Crippen molar-refractivity contribution in [1.82, 2.24) is 21.3 Å². The second-order valence-electron chi connectivity index (χ2n) is 7.37. The number of hydrazone groups is 1. The van der Waals surface area contributed by atoms with Crippen LogP contribution in [0, 0.1) is 6.92 Å². The lowest BCUT2D eigenvalue weighted by molar-refractivity contribution is 0.0829. The number of fused-ring (bicyclic) bond motifs is 1. The monoisotopic (exact) mass is 447 g/mol. The Bertz CT molecular complexity index is 1250. The predicted molar refractivity (Wildman–Crippen MR) is 118 cm³/mol. The van der Waals surface area contributed by atoms with E-state index in [9.17, 15) is 19.5 Å². The number of aromatic hydroxyl groups is 1. The zero-order valence-corrected chi connectivity index (χ0v) is 17.7. The molecular weight excluding hydrogens is 426 g/mol. The van der Waals surface area contributed by atoms with Crippen molar-refractivity contribution in [2.75, 3.05) is 0 Å². The lowest BCUT2D eigenvalue weighted by Gasteiger charge is -2.13. The molecule has 10 heteroatoms. The number of aromatic nitrogens is 1. The van der Waals surface area contributed by atoms with Gasteiger partial charge in [-0.05, 0) is 44.0 Å². The van der Waals surface area contributed by atoms with Gasteiger partial charge in [-0.3, -0.25) is 30.2 Å². The van der Waals surface area contributed by atoms with Crippen LogP contribution in [0.2, 0.25) is 0 Å². The van der Waals surface area contributed by atoms with Gasteiger partial charge in [-0.1, -0.05) is 12.1 Å². The molecule has 1 aliphatic rings. The molecule has 4 rings (SSSR count). The minimum atomic E-state index is -0.609. The van der Waals surface area contributed by atoms with Gasteiger partial charge in [-0.2, -0.15) is 5.10 Å². The SMILES string of the molecule is Cc1c(C(=O)NNC(=O)c2ccncc2)oc2c1/C(=N/NC(=O)c1ccccc1O)CCC2. The van der Waals surface area contributed by atoms with Crippen molar-refractivity contribution in [2.45, 2.75) is 26.2 Å². The number of amides is 3. The summed E-state index contributed by atoms with van der Waals surface area (Å²) in [6.45, 7) is 1.72. The fraction of sp³-hybridized carbons (Fsp3) is 0.174. The van der Waals surface area contributed by atoms with Crippen LogP contribution in [-0.4, -0.2) is 33.5 Å². The van der Waals surface area contributed by atoms with Gasteiger partial charge in [0.15, 0.2) is 5.76 Å². The largest absolute Gasteiger partial charge is 0.507 e. The average molecular weight is 447 g/mol.